The molecule has 0 amide bonds. The van der Waals surface area contributed by atoms with E-state index >= 15 is 0 Å². The summed E-state index contributed by atoms with van der Waals surface area (Å²) in [6.07, 6.45) is 1.75. The highest BCUT2D eigenvalue weighted by Crippen LogP contribution is 2.18. The molecule has 4 heteroatoms. The van der Waals surface area contributed by atoms with Crippen molar-refractivity contribution in [1.29, 1.82) is 0 Å². The van der Waals surface area contributed by atoms with Crippen LogP contribution in [-0.4, -0.2) is 11.5 Å². The second kappa shape index (κ2) is 5.26. The van der Waals surface area contributed by atoms with Crippen LogP contribution in [0.2, 0.25) is 0 Å². The molecule has 15 heavy (non-hydrogen) atoms. The smallest absolute Gasteiger partial charge is 0.272 e. The van der Waals surface area contributed by atoms with Gasteiger partial charge in [-0.3, -0.25) is 10.1 Å². The molecule has 0 aliphatic rings. The Labute approximate surface area is 88.8 Å². The summed E-state index contributed by atoms with van der Waals surface area (Å²) in [5.74, 6) is 0. The Kier molecular flexibility index (Phi) is 4.00. The molecule has 80 valence electrons. The van der Waals surface area contributed by atoms with Crippen LogP contribution in [0.1, 0.15) is 11.1 Å². The van der Waals surface area contributed by atoms with E-state index in [4.69, 9.17) is 0 Å². The largest absolute Gasteiger partial charge is 0.309 e. The summed E-state index contributed by atoms with van der Waals surface area (Å²) < 4.78 is 0. The molecule has 0 aromatic heterocycles. The lowest BCUT2D eigenvalue weighted by Crippen LogP contribution is -2.12. The first-order valence-corrected chi connectivity index (χ1v) is 4.70. The Morgan fingerprint density at radius 2 is 2.33 bits per heavy atom. The number of rotatable bonds is 5. The molecule has 1 N–H and O–H groups in total. The topological polar surface area (TPSA) is 55.2 Å². The minimum absolute atomic E-state index is 0.174. The molecule has 1 aromatic rings. The van der Waals surface area contributed by atoms with Crippen molar-refractivity contribution in [3.63, 3.8) is 0 Å². The molecule has 0 bridgehead atoms. The molecule has 0 aliphatic heterocycles. The van der Waals surface area contributed by atoms with Crippen molar-refractivity contribution in [3.8, 4) is 0 Å². The SMILES string of the molecule is C=CCNCc1ccc(C)c([N+](=O)[O-])c1. The van der Waals surface area contributed by atoms with Crippen LogP contribution in [-0.2, 0) is 6.54 Å². The number of nitro benzene ring substituents is 1. The summed E-state index contributed by atoms with van der Waals surface area (Å²) in [5, 5.41) is 13.8. The van der Waals surface area contributed by atoms with Gasteiger partial charge in [0.1, 0.15) is 0 Å². The van der Waals surface area contributed by atoms with Crippen molar-refractivity contribution < 1.29 is 4.92 Å². The summed E-state index contributed by atoms with van der Waals surface area (Å²) in [6, 6.07) is 5.26. The number of aryl methyl sites for hydroxylation is 1. The maximum Gasteiger partial charge on any atom is 0.272 e. The molecule has 0 atom stereocenters. The average molecular weight is 206 g/mol. The lowest BCUT2D eigenvalue weighted by Gasteiger charge is -2.03. The van der Waals surface area contributed by atoms with Gasteiger partial charge in [0.05, 0.1) is 4.92 Å². The first kappa shape index (κ1) is 11.4. The summed E-state index contributed by atoms with van der Waals surface area (Å²) in [4.78, 5) is 10.3. The predicted molar refractivity (Wildman–Crippen MR) is 59.7 cm³/mol. The predicted octanol–water partition coefficient (Wildman–Crippen LogP) is 2.18. The van der Waals surface area contributed by atoms with Gasteiger partial charge in [0.15, 0.2) is 0 Å². The number of nitrogens with one attached hydrogen (secondary N) is 1. The molecule has 1 rings (SSSR count). The quantitative estimate of drug-likeness (QED) is 0.347. The lowest BCUT2D eigenvalue weighted by atomic mass is 10.1. The number of benzene rings is 1. The van der Waals surface area contributed by atoms with Crippen molar-refractivity contribution in [2.45, 2.75) is 13.5 Å². The Morgan fingerprint density at radius 3 is 2.93 bits per heavy atom. The van der Waals surface area contributed by atoms with Gasteiger partial charge in [-0.1, -0.05) is 18.2 Å². The zero-order valence-electron chi connectivity index (χ0n) is 8.69. The van der Waals surface area contributed by atoms with Gasteiger partial charge in [-0.25, -0.2) is 0 Å². The van der Waals surface area contributed by atoms with Gasteiger partial charge >= 0.3 is 0 Å². The highest BCUT2D eigenvalue weighted by molar-refractivity contribution is 5.42. The van der Waals surface area contributed by atoms with Gasteiger partial charge < -0.3 is 5.32 Å². The number of hydrogen-bond donors (Lipinski definition) is 1. The Bertz CT molecular complexity index is 375. The van der Waals surface area contributed by atoms with E-state index in [0.717, 1.165) is 5.56 Å². The van der Waals surface area contributed by atoms with Gasteiger partial charge in [-0.05, 0) is 12.5 Å². The van der Waals surface area contributed by atoms with E-state index in [1.807, 2.05) is 6.07 Å². The third-order valence-corrected chi connectivity index (χ3v) is 2.09. The first-order valence-electron chi connectivity index (χ1n) is 4.70. The first-order chi connectivity index (χ1) is 7.15. The summed E-state index contributed by atoms with van der Waals surface area (Å²) in [5.41, 5.74) is 1.77. The molecule has 0 heterocycles. The zero-order chi connectivity index (χ0) is 11.3. The third kappa shape index (κ3) is 3.18. The van der Waals surface area contributed by atoms with Gasteiger partial charge in [0.25, 0.3) is 5.69 Å². The van der Waals surface area contributed by atoms with Crippen molar-refractivity contribution in [3.05, 3.63) is 52.1 Å². The highest BCUT2D eigenvalue weighted by Gasteiger charge is 2.10. The fourth-order valence-electron chi connectivity index (χ4n) is 1.28. The molecule has 1 aromatic carbocycles. The van der Waals surface area contributed by atoms with Gasteiger partial charge in [0, 0.05) is 24.7 Å². The van der Waals surface area contributed by atoms with Crippen molar-refractivity contribution in [2.75, 3.05) is 6.54 Å². The molecular formula is C11H14N2O2. The molecular weight excluding hydrogens is 192 g/mol. The van der Waals surface area contributed by atoms with Gasteiger partial charge in [-0.15, -0.1) is 6.58 Å². The maximum absolute atomic E-state index is 10.7. The number of hydrogen-bond acceptors (Lipinski definition) is 3. The second-order valence-electron chi connectivity index (χ2n) is 3.30. The van der Waals surface area contributed by atoms with Crippen LogP contribution in [0.3, 0.4) is 0 Å². The minimum atomic E-state index is -0.355. The maximum atomic E-state index is 10.7. The number of nitrogens with zero attached hydrogens (tertiary/aromatic N) is 1. The van der Waals surface area contributed by atoms with Crippen LogP contribution in [0, 0.1) is 17.0 Å². The van der Waals surface area contributed by atoms with Crippen LogP contribution < -0.4 is 5.32 Å². The highest BCUT2D eigenvalue weighted by atomic mass is 16.6. The normalized spacial score (nSPS) is 9.93. The Hall–Kier alpha value is -1.68. The van der Waals surface area contributed by atoms with Crippen LogP contribution in [0.15, 0.2) is 30.9 Å². The fourth-order valence-corrected chi connectivity index (χ4v) is 1.28. The Balaban J connectivity index is 2.78. The molecule has 0 fully saturated rings. The molecule has 0 radical (unpaired) electrons. The molecule has 0 saturated heterocycles. The number of nitro groups is 1. The van der Waals surface area contributed by atoms with E-state index < -0.39 is 0 Å². The summed E-state index contributed by atoms with van der Waals surface area (Å²) in [6.45, 7) is 6.63. The van der Waals surface area contributed by atoms with E-state index in [1.165, 1.54) is 0 Å². The van der Waals surface area contributed by atoms with E-state index in [-0.39, 0.29) is 10.6 Å². The lowest BCUT2D eigenvalue weighted by molar-refractivity contribution is -0.385. The molecule has 0 aliphatic carbocycles. The van der Waals surface area contributed by atoms with Crippen LogP contribution in [0.25, 0.3) is 0 Å². The van der Waals surface area contributed by atoms with E-state index in [1.54, 1.807) is 25.1 Å². The van der Waals surface area contributed by atoms with Crippen LogP contribution >= 0.6 is 0 Å². The van der Waals surface area contributed by atoms with E-state index in [0.29, 0.717) is 18.7 Å². The second-order valence-corrected chi connectivity index (χ2v) is 3.30. The van der Waals surface area contributed by atoms with Gasteiger partial charge in [0.2, 0.25) is 0 Å². The summed E-state index contributed by atoms with van der Waals surface area (Å²) in [7, 11) is 0. The monoisotopic (exact) mass is 206 g/mol. The summed E-state index contributed by atoms with van der Waals surface area (Å²) >= 11 is 0. The van der Waals surface area contributed by atoms with Crippen molar-refractivity contribution in [1.82, 2.24) is 5.32 Å². The Morgan fingerprint density at radius 1 is 1.60 bits per heavy atom. The molecule has 0 spiro atoms. The van der Waals surface area contributed by atoms with Gasteiger partial charge in [-0.2, -0.15) is 0 Å². The third-order valence-electron chi connectivity index (χ3n) is 2.09. The van der Waals surface area contributed by atoms with Crippen molar-refractivity contribution >= 4 is 5.69 Å². The molecule has 4 nitrogen and oxygen atoms in total. The van der Waals surface area contributed by atoms with Crippen LogP contribution in [0.5, 0.6) is 0 Å². The van der Waals surface area contributed by atoms with E-state index in [2.05, 4.69) is 11.9 Å². The van der Waals surface area contributed by atoms with Crippen molar-refractivity contribution in [2.24, 2.45) is 0 Å². The van der Waals surface area contributed by atoms with E-state index in [9.17, 15) is 10.1 Å². The minimum Gasteiger partial charge on any atom is -0.309 e. The van der Waals surface area contributed by atoms with Crippen LogP contribution in [0.4, 0.5) is 5.69 Å². The standard InChI is InChI=1S/C11H14N2O2/c1-3-6-12-8-10-5-4-9(2)11(7-10)13(14)15/h3-5,7,12H,1,6,8H2,2H3. The fraction of sp³-hybridized carbons (Fsp3) is 0.273. The average Bonchev–Trinajstić information content (AvgIpc) is 2.20. The zero-order valence-corrected chi connectivity index (χ0v) is 8.69. The molecule has 0 unspecified atom stereocenters. The molecule has 0 saturated carbocycles.